The lowest BCUT2D eigenvalue weighted by Gasteiger charge is -2.13. The second kappa shape index (κ2) is 9.44. The zero-order valence-corrected chi connectivity index (χ0v) is 17.0. The van der Waals surface area contributed by atoms with Gasteiger partial charge >= 0.3 is 5.97 Å². The highest BCUT2D eigenvalue weighted by atomic mass is 32.2. The third-order valence-electron chi connectivity index (χ3n) is 4.03. The first kappa shape index (κ1) is 22.3. The fourth-order valence-electron chi connectivity index (χ4n) is 2.39. The van der Waals surface area contributed by atoms with Crippen molar-refractivity contribution in [1.82, 2.24) is 4.72 Å². The quantitative estimate of drug-likeness (QED) is 0.488. The Morgan fingerprint density at radius 3 is 2.03 bits per heavy atom. The molecule has 0 heterocycles. The fraction of sp³-hybridized carbons (Fsp3) is 0.250. The average molecular weight is 419 g/mol. The van der Waals surface area contributed by atoms with Crippen LogP contribution >= 0.6 is 0 Å². The molecule has 0 aliphatic carbocycles. The van der Waals surface area contributed by atoms with Gasteiger partial charge in [0.05, 0.1) is 12.0 Å². The minimum atomic E-state index is -3.97. The minimum absolute atomic E-state index is 0.0994. The number of benzene rings is 2. The van der Waals surface area contributed by atoms with Gasteiger partial charge in [-0.05, 0) is 50.2 Å². The maximum Gasteiger partial charge on any atom is 0.321 e. The molecule has 0 unspecified atom stereocenters. The lowest BCUT2D eigenvalue weighted by Crippen LogP contribution is -2.34. The van der Waals surface area contributed by atoms with Crippen molar-refractivity contribution < 1.29 is 32.3 Å². The number of Topliss-reactive ketones (excluding diaryl/α,β-unsaturated/α-hetero) is 2. The molecule has 0 bridgehead atoms. The van der Waals surface area contributed by atoms with E-state index in [-0.39, 0.29) is 10.7 Å². The van der Waals surface area contributed by atoms with Gasteiger partial charge in [0.2, 0.25) is 15.8 Å². The number of hydrogen-bond donors (Lipinski definition) is 1. The number of nitrogens with one attached hydrogen (secondary N) is 1. The summed E-state index contributed by atoms with van der Waals surface area (Å²) in [6.07, 6.45) is -1.09. The maximum absolute atomic E-state index is 12.3. The number of ether oxygens (including phenoxy) is 2. The zero-order valence-electron chi connectivity index (χ0n) is 16.2. The van der Waals surface area contributed by atoms with Gasteiger partial charge < -0.3 is 9.47 Å². The monoisotopic (exact) mass is 419 g/mol. The normalized spacial score (nSPS) is 12.1. The molecule has 154 valence electrons. The molecule has 0 aromatic heterocycles. The number of rotatable bonds is 9. The Labute approximate surface area is 168 Å². The molecule has 29 heavy (non-hydrogen) atoms. The largest absolute Gasteiger partial charge is 0.497 e. The maximum atomic E-state index is 12.3. The predicted octanol–water partition coefficient (Wildman–Crippen LogP) is 1.99. The highest BCUT2D eigenvalue weighted by Gasteiger charge is 2.21. The van der Waals surface area contributed by atoms with E-state index >= 15 is 0 Å². The number of esters is 1. The molecule has 0 saturated carbocycles. The van der Waals surface area contributed by atoms with E-state index in [1.807, 2.05) is 0 Å². The molecular formula is C20H21NO7S. The molecular weight excluding hydrogens is 398 g/mol. The van der Waals surface area contributed by atoms with Gasteiger partial charge in [0, 0.05) is 11.1 Å². The lowest BCUT2D eigenvalue weighted by atomic mass is 10.1. The highest BCUT2D eigenvalue weighted by Crippen LogP contribution is 2.14. The number of hydrogen-bond acceptors (Lipinski definition) is 7. The molecule has 8 nitrogen and oxygen atoms in total. The van der Waals surface area contributed by atoms with E-state index in [1.165, 1.54) is 45.2 Å². The first-order valence-corrected chi connectivity index (χ1v) is 10.1. The van der Waals surface area contributed by atoms with Crippen molar-refractivity contribution in [3.63, 3.8) is 0 Å². The molecule has 1 N–H and O–H groups in total. The molecule has 0 spiro atoms. The van der Waals surface area contributed by atoms with E-state index in [2.05, 4.69) is 4.72 Å². The van der Waals surface area contributed by atoms with E-state index in [1.54, 1.807) is 24.3 Å². The third kappa shape index (κ3) is 5.97. The molecule has 9 heteroatoms. The first-order chi connectivity index (χ1) is 13.6. The Morgan fingerprint density at radius 2 is 1.52 bits per heavy atom. The molecule has 0 fully saturated rings. The van der Waals surface area contributed by atoms with Crippen LogP contribution in [0.1, 0.15) is 34.6 Å². The third-order valence-corrected chi connectivity index (χ3v) is 5.45. The van der Waals surface area contributed by atoms with Gasteiger partial charge in [0.25, 0.3) is 0 Å². The van der Waals surface area contributed by atoms with Gasteiger partial charge in [-0.2, -0.15) is 4.72 Å². The van der Waals surface area contributed by atoms with Crippen molar-refractivity contribution in [1.29, 1.82) is 0 Å². The van der Waals surface area contributed by atoms with Crippen LogP contribution in [-0.4, -0.2) is 45.7 Å². The van der Waals surface area contributed by atoms with Crippen LogP contribution in [0.3, 0.4) is 0 Å². The number of methoxy groups -OCH3 is 1. The molecule has 2 aromatic carbocycles. The summed E-state index contributed by atoms with van der Waals surface area (Å²) in [7, 11) is -2.47. The second-order valence-electron chi connectivity index (χ2n) is 6.13. The smallest absolute Gasteiger partial charge is 0.321 e. The van der Waals surface area contributed by atoms with E-state index in [0.29, 0.717) is 16.9 Å². The standard InChI is InChI=1S/C20H21NO7S/c1-13(22)15-6-10-18(11-7-15)29(25,26)21-12-19(23)28-14(2)20(24)16-4-8-17(27-3)9-5-16/h4-11,14,21H,12H2,1-3H3/t14-/m1/s1. The highest BCUT2D eigenvalue weighted by molar-refractivity contribution is 7.89. The molecule has 0 aliphatic rings. The predicted molar refractivity (Wildman–Crippen MR) is 105 cm³/mol. The topological polar surface area (TPSA) is 116 Å². The summed E-state index contributed by atoms with van der Waals surface area (Å²) in [5, 5.41) is 0. The van der Waals surface area contributed by atoms with Crippen LogP contribution in [0.2, 0.25) is 0 Å². The molecule has 0 amide bonds. The second-order valence-corrected chi connectivity index (χ2v) is 7.90. The molecule has 0 saturated heterocycles. The summed E-state index contributed by atoms with van der Waals surface area (Å²) < 4.78 is 36.6. The summed E-state index contributed by atoms with van der Waals surface area (Å²) in [5.41, 5.74) is 0.700. The van der Waals surface area contributed by atoms with E-state index < -0.39 is 34.4 Å². The van der Waals surface area contributed by atoms with Gasteiger partial charge in [0.15, 0.2) is 11.9 Å². The van der Waals surface area contributed by atoms with Gasteiger partial charge in [-0.25, -0.2) is 8.42 Å². The summed E-state index contributed by atoms with van der Waals surface area (Å²) in [6, 6.07) is 11.6. The Hall–Kier alpha value is -3.04. The Morgan fingerprint density at radius 1 is 0.966 bits per heavy atom. The van der Waals surface area contributed by atoms with Crippen molar-refractivity contribution in [3.8, 4) is 5.75 Å². The fourth-order valence-corrected chi connectivity index (χ4v) is 3.36. The van der Waals surface area contributed by atoms with Crippen LogP contribution in [0.15, 0.2) is 53.4 Å². The molecule has 2 aromatic rings. The van der Waals surface area contributed by atoms with E-state index in [0.717, 1.165) is 0 Å². The Kier molecular flexibility index (Phi) is 7.24. The van der Waals surface area contributed by atoms with Crippen molar-refractivity contribution >= 4 is 27.6 Å². The van der Waals surface area contributed by atoms with E-state index in [4.69, 9.17) is 9.47 Å². The van der Waals surface area contributed by atoms with Gasteiger partial charge in [-0.3, -0.25) is 14.4 Å². The first-order valence-electron chi connectivity index (χ1n) is 8.62. The van der Waals surface area contributed by atoms with Crippen molar-refractivity contribution in [2.75, 3.05) is 13.7 Å². The van der Waals surface area contributed by atoms with Gasteiger partial charge in [-0.15, -0.1) is 0 Å². The van der Waals surface area contributed by atoms with Crippen LogP contribution in [0.4, 0.5) is 0 Å². The van der Waals surface area contributed by atoms with Crippen LogP contribution in [0.5, 0.6) is 5.75 Å². The molecule has 1 atom stereocenters. The minimum Gasteiger partial charge on any atom is -0.497 e. The molecule has 0 aliphatic heterocycles. The zero-order chi connectivity index (χ0) is 21.6. The van der Waals surface area contributed by atoms with Crippen LogP contribution in [-0.2, 0) is 19.6 Å². The van der Waals surface area contributed by atoms with Crippen molar-refractivity contribution in [2.45, 2.75) is 24.8 Å². The number of carbonyl (C=O) groups is 3. The van der Waals surface area contributed by atoms with Crippen LogP contribution in [0, 0.1) is 0 Å². The average Bonchev–Trinajstić information content (AvgIpc) is 2.72. The van der Waals surface area contributed by atoms with Crippen molar-refractivity contribution in [3.05, 3.63) is 59.7 Å². The van der Waals surface area contributed by atoms with Gasteiger partial charge in [-0.1, -0.05) is 12.1 Å². The summed E-state index contributed by atoms with van der Waals surface area (Å²) in [4.78, 5) is 35.4. The van der Waals surface area contributed by atoms with Gasteiger partial charge in [0.1, 0.15) is 12.3 Å². The Balaban J connectivity index is 1.93. The summed E-state index contributed by atoms with van der Waals surface area (Å²) >= 11 is 0. The number of carbonyl (C=O) groups excluding carboxylic acids is 3. The number of ketones is 2. The lowest BCUT2D eigenvalue weighted by molar-refractivity contribution is -0.144. The Bertz CT molecular complexity index is 996. The molecule has 0 radical (unpaired) electrons. The van der Waals surface area contributed by atoms with Crippen LogP contribution < -0.4 is 9.46 Å². The number of sulfonamides is 1. The van der Waals surface area contributed by atoms with Crippen molar-refractivity contribution in [2.24, 2.45) is 0 Å². The molecule has 2 rings (SSSR count). The summed E-state index contributed by atoms with van der Waals surface area (Å²) in [5.74, 6) is -0.940. The van der Waals surface area contributed by atoms with E-state index in [9.17, 15) is 22.8 Å². The van der Waals surface area contributed by atoms with Crippen LogP contribution in [0.25, 0.3) is 0 Å². The SMILES string of the molecule is COc1ccc(C(=O)[C@@H](C)OC(=O)CNS(=O)(=O)c2ccc(C(C)=O)cc2)cc1. The summed E-state index contributed by atoms with van der Waals surface area (Å²) in [6.45, 7) is 2.13.